The second-order valence-corrected chi connectivity index (χ2v) is 7.96. The molecule has 31 heavy (non-hydrogen) atoms. The third-order valence-electron chi connectivity index (χ3n) is 5.19. The fourth-order valence-corrected chi connectivity index (χ4v) is 4.35. The molecule has 0 fully saturated rings. The monoisotopic (exact) mass is 485 g/mol. The second-order valence-electron chi connectivity index (χ2n) is 7.10. The molecule has 3 amide bonds. The van der Waals surface area contributed by atoms with E-state index in [1.807, 2.05) is 36.4 Å². The smallest absolute Gasteiger partial charge is 0.320 e. The highest BCUT2D eigenvalue weighted by Crippen LogP contribution is 2.41. The first kappa shape index (κ1) is 20.9. The van der Waals surface area contributed by atoms with Crippen LogP contribution in [-0.2, 0) is 14.3 Å². The molecule has 2 aliphatic heterocycles. The molecular formula is C22H20BrN3O5. The minimum absolute atomic E-state index is 0.230. The van der Waals surface area contributed by atoms with E-state index in [0.29, 0.717) is 17.1 Å². The molecule has 0 saturated carbocycles. The number of carbonyl (C=O) groups is 3. The van der Waals surface area contributed by atoms with Crippen molar-refractivity contribution in [1.82, 2.24) is 10.6 Å². The molecule has 4 rings (SSSR count). The lowest BCUT2D eigenvalue weighted by atomic mass is 9.89. The maximum absolute atomic E-state index is 12.9. The Kier molecular flexibility index (Phi) is 5.69. The summed E-state index contributed by atoms with van der Waals surface area (Å²) in [5.74, 6) is -0.197. The van der Waals surface area contributed by atoms with Crippen molar-refractivity contribution in [2.75, 3.05) is 25.2 Å². The molecule has 0 spiro atoms. The Labute approximate surface area is 187 Å². The van der Waals surface area contributed by atoms with E-state index in [1.54, 1.807) is 18.1 Å². The van der Waals surface area contributed by atoms with Gasteiger partial charge in [-0.25, -0.2) is 4.79 Å². The van der Waals surface area contributed by atoms with Gasteiger partial charge in [-0.3, -0.25) is 9.59 Å². The van der Waals surface area contributed by atoms with E-state index >= 15 is 0 Å². The topological polar surface area (TPSA) is 97.0 Å². The van der Waals surface area contributed by atoms with Gasteiger partial charge in [-0.1, -0.05) is 24.3 Å². The van der Waals surface area contributed by atoms with Crippen molar-refractivity contribution < 1.29 is 23.9 Å². The van der Waals surface area contributed by atoms with Gasteiger partial charge < -0.3 is 25.0 Å². The van der Waals surface area contributed by atoms with E-state index in [1.165, 1.54) is 6.92 Å². The van der Waals surface area contributed by atoms with Crippen LogP contribution in [0.2, 0.25) is 0 Å². The summed E-state index contributed by atoms with van der Waals surface area (Å²) in [6.07, 6.45) is 0. The number of esters is 1. The third-order valence-corrected chi connectivity index (χ3v) is 5.81. The van der Waals surface area contributed by atoms with Crippen LogP contribution in [0.5, 0.6) is 5.75 Å². The lowest BCUT2D eigenvalue weighted by molar-refractivity contribution is -0.145. The number of urea groups is 1. The number of para-hydroxylation sites is 1. The Morgan fingerprint density at radius 3 is 2.71 bits per heavy atom. The van der Waals surface area contributed by atoms with Gasteiger partial charge in [0.05, 0.1) is 35.6 Å². The van der Waals surface area contributed by atoms with Gasteiger partial charge in [0, 0.05) is 18.1 Å². The number of hydrogen-bond donors (Lipinski definition) is 2. The number of hydrogen-bond acceptors (Lipinski definition) is 5. The first-order chi connectivity index (χ1) is 14.9. The molecule has 9 heteroatoms. The summed E-state index contributed by atoms with van der Waals surface area (Å²) < 4.78 is 11.0. The number of halogens is 1. The summed E-state index contributed by atoms with van der Waals surface area (Å²) >= 11 is 3.49. The van der Waals surface area contributed by atoms with Crippen LogP contribution < -0.4 is 20.3 Å². The standard InChI is InChI=1S/C22H20BrN3O5/c1-12(27)31-11-19(28)26-10-15-20(13-7-8-18(30-2)16(23)9-13)24-22(29)25-21(15)14-5-3-4-6-17(14)26/h3-9,20H,10-11H2,1-2H3,(H2,24,25,29). The Bertz CT molecular complexity index is 1110. The zero-order valence-electron chi connectivity index (χ0n) is 16.9. The molecule has 2 aliphatic rings. The number of amides is 3. The predicted molar refractivity (Wildman–Crippen MR) is 117 cm³/mol. The van der Waals surface area contributed by atoms with Crippen LogP contribution in [0, 0.1) is 0 Å². The molecule has 8 nitrogen and oxygen atoms in total. The zero-order chi connectivity index (χ0) is 22.1. The molecule has 160 valence electrons. The van der Waals surface area contributed by atoms with Crippen molar-refractivity contribution in [3.63, 3.8) is 0 Å². The third kappa shape index (κ3) is 4.00. The van der Waals surface area contributed by atoms with Gasteiger partial charge >= 0.3 is 12.0 Å². The average Bonchev–Trinajstić information content (AvgIpc) is 2.76. The summed E-state index contributed by atoms with van der Waals surface area (Å²) in [7, 11) is 1.58. The number of nitrogens with one attached hydrogen (secondary N) is 2. The van der Waals surface area contributed by atoms with E-state index in [0.717, 1.165) is 21.2 Å². The summed E-state index contributed by atoms with van der Waals surface area (Å²) in [4.78, 5) is 38.1. The fourth-order valence-electron chi connectivity index (χ4n) is 3.79. The highest BCUT2D eigenvalue weighted by Gasteiger charge is 2.36. The van der Waals surface area contributed by atoms with Gasteiger partial charge in [0.15, 0.2) is 6.61 Å². The molecule has 0 bridgehead atoms. The van der Waals surface area contributed by atoms with E-state index < -0.39 is 12.0 Å². The van der Waals surface area contributed by atoms with E-state index in [2.05, 4.69) is 26.6 Å². The van der Waals surface area contributed by atoms with Crippen LogP contribution in [0.3, 0.4) is 0 Å². The van der Waals surface area contributed by atoms with Crippen LogP contribution in [0.1, 0.15) is 24.1 Å². The number of carbonyl (C=O) groups excluding carboxylic acids is 3. The van der Waals surface area contributed by atoms with Crippen molar-refractivity contribution in [3.05, 3.63) is 63.6 Å². The van der Waals surface area contributed by atoms with E-state index in [9.17, 15) is 14.4 Å². The number of methoxy groups -OCH3 is 1. The molecule has 2 aromatic rings. The molecule has 1 unspecified atom stereocenters. The molecule has 2 aromatic carbocycles. The lowest BCUT2D eigenvalue weighted by Crippen LogP contribution is -2.49. The van der Waals surface area contributed by atoms with Crippen molar-refractivity contribution in [2.24, 2.45) is 0 Å². The normalized spacial score (nSPS) is 17.2. The van der Waals surface area contributed by atoms with Crippen LogP contribution in [-0.4, -0.2) is 38.2 Å². The Morgan fingerprint density at radius 2 is 2.00 bits per heavy atom. The largest absolute Gasteiger partial charge is 0.496 e. The van der Waals surface area contributed by atoms with Gasteiger partial charge in [0.1, 0.15) is 5.75 Å². The summed E-state index contributed by atoms with van der Waals surface area (Å²) in [6.45, 7) is 1.13. The molecule has 2 heterocycles. The maximum Gasteiger partial charge on any atom is 0.320 e. The van der Waals surface area contributed by atoms with Gasteiger partial charge in [0.2, 0.25) is 0 Å². The average molecular weight is 486 g/mol. The Balaban J connectivity index is 1.78. The summed E-state index contributed by atoms with van der Waals surface area (Å²) in [6, 6.07) is 12.1. The first-order valence-electron chi connectivity index (χ1n) is 9.56. The first-order valence-corrected chi connectivity index (χ1v) is 10.4. The fraction of sp³-hybridized carbons (Fsp3) is 0.227. The second kappa shape index (κ2) is 8.43. The van der Waals surface area contributed by atoms with Gasteiger partial charge in [0.25, 0.3) is 5.91 Å². The molecular weight excluding hydrogens is 466 g/mol. The van der Waals surface area contributed by atoms with Crippen LogP contribution in [0.15, 0.2) is 52.5 Å². The number of benzene rings is 2. The van der Waals surface area contributed by atoms with E-state index in [4.69, 9.17) is 9.47 Å². The minimum atomic E-state index is -0.522. The molecule has 0 aromatic heterocycles. The highest BCUT2D eigenvalue weighted by atomic mass is 79.9. The van der Waals surface area contributed by atoms with Crippen molar-refractivity contribution in [1.29, 1.82) is 0 Å². The number of anilines is 1. The molecule has 0 radical (unpaired) electrons. The number of fused-ring (bicyclic) bond motifs is 2. The number of nitrogens with zero attached hydrogens (tertiary/aromatic N) is 1. The number of rotatable bonds is 4. The SMILES string of the molecule is COc1ccc(C2NC(=O)NC3=C2CN(C(=O)COC(C)=O)c2ccccc23)cc1Br. The van der Waals surface area contributed by atoms with E-state index in [-0.39, 0.29) is 25.1 Å². The predicted octanol–water partition coefficient (Wildman–Crippen LogP) is 3.13. The summed E-state index contributed by atoms with van der Waals surface area (Å²) in [5, 5.41) is 5.84. The quantitative estimate of drug-likeness (QED) is 0.648. The number of ether oxygens (including phenoxy) is 2. The van der Waals surface area contributed by atoms with Crippen LogP contribution >= 0.6 is 15.9 Å². The molecule has 2 N–H and O–H groups in total. The zero-order valence-corrected chi connectivity index (χ0v) is 18.5. The van der Waals surface area contributed by atoms with Crippen LogP contribution in [0.4, 0.5) is 10.5 Å². The van der Waals surface area contributed by atoms with Gasteiger partial charge in [-0.15, -0.1) is 0 Å². The van der Waals surface area contributed by atoms with Crippen LogP contribution in [0.25, 0.3) is 5.70 Å². The van der Waals surface area contributed by atoms with Crippen molar-refractivity contribution in [2.45, 2.75) is 13.0 Å². The molecule has 1 atom stereocenters. The highest BCUT2D eigenvalue weighted by molar-refractivity contribution is 9.10. The Morgan fingerprint density at radius 1 is 1.23 bits per heavy atom. The lowest BCUT2D eigenvalue weighted by Gasteiger charge is -2.39. The molecule has 0 saturated heterocycles. The van der Waals surface area contributed by atoms with Crippen molar-refractivity contribution in [3.8, 4) is 5.75 Å². The Hall–Kier alpha value is -3.33. The summed E-state index contributed by atoms with van der Waals surface area (Å²) in [5.41, 5.74) is 3.71. The minimum Gasteiger partial charge on any atom is -0.496 e. The van der Waals surface area contributed by atoms with Gasteiger partial charge in [-0.05, 0) is 39.7 Å². The maximum atomic E-state index is 12.9. The molecule has 0 aliphatic carbocycles. The van der Waals surface area contributed by atoms with Gasteiger partial charge in [-0.2, -0.15) is 0 Å². The van der Waals surface area contributed by atoms with Crippen molar-refractivity contribution >= 4 is 45.2 Å².